The standard InChI is InChI=1S/C10H16N2OS2/c1-7(2)5-14-6-8-3-4-15-9(8)10(13)12-11/h3-4,7H,5-6,11H2,1-2H3,(H,12,13). The summed E-state index contributed by atoms with van der Waals surface area (Å²) < 4.78 is 0. The predicted octanol–water partition coefficient (Wildman–Crippen LogP) is 2.24. The van der Waals surface area contributed by atoms with Gasteiger partial charge in [0.25, 0.3) is 5.91 Å². The smallest absolute Gasteiger partial charge is 0.275 e. The number of nitrogen functional groups attached to an aromatic ring is 1. The second-order valence-electron chi connectivity index (χ2n) is 3.66. The molecule has 0 aromatic carbocycles. The van der Waals surface area contributed by atoms with Gasteiger partial charge in [-0.2, -0.15) is 11.8 Å². The summed E-state index contributed by atoms with van der Waals surface area (Å²) in [5.74, 6) is 7.59. The van der Waals surface area contributed by atoms with E-state index >= 15 is 0 Å². The first-order valence-corrected chi connectivity index (χ1v) is 6.83. The van der Waals surface area contributed by atoms with Crippen LogP contribution in [0.2, 0.25) is 0 Å². The first-order chi connectivity index (χ1) is 7.15. The van der Waals surface area contributed by atoms with Gasteiger partial charge in [-0.05, 0) is 28.7 Å². The van der Waals surface area contributed by atoms with Gasteiger partial charge < -0.3 is 0 Å². The van der Waals surface area contributed by atoms with Gasteiger partial charge in [0, 0.05) is 5.75 Å². The van der Waals surface area contributed by atoms with E-state index in [1.807, 2.05) is 23.2 Å². The molecule has 0 saturated heterocycles. The molecule has 1 heterocycles. The molecule has 1 rings (SSSR count). The van der Waals surface area contributed by atoms with Crippen LogP contribution in [0, 0.1) is 5.92 Å². The van der Waals surface area contributed by atoms with Crippen molar-refractivity contribution in [1.82, 2.24) is 5.43 Å². The Balaban J connectivity index is 2.54. The molecule has 84 valence electrons. The lowest BCUT2D eigenvalue weighted by atomic mass is 10.3. The maximum absolute atomic E-state index is 11.4. The summed E-state index contributed by atoms with van der Waals surface area (Å²) >= 11 is 3.28. The molecule has 0 atom stereocenters. The lowest BCUT2D eigenvalue weighted by Gasteiger charge is -2.05. The average Bonchev–Trinajstić information content (AvgIpc) is 2.64. The molecule has 0 aliphatic rings. The van der Waals surface area contributed by atoms with Crippen LogP contribution in [0.1, 0.15) is 29.1 Å². The molecule has 1 aromatic rings. The largest absolute Gasteiger partial charge is 0.289 e. The Morgan fingerprint density at radius 3 is 3.00 bits per heavy atom. The van der Waals surface area contributed by atoms with E-state index in [0.29, 0.717) is 5.92 Å². The average molecular weight is 244 g/mol. The highest BCUT2D eigenvalue weighted by Crippen LogP contribution is 2.22. The topological polar surface area (TPSA) is 55.1 Å². The normalized spacial score (nSPS) is 10.7. The number of rotatable bonds is 5. The van der Waals surface area contributed by atoms with Crippen LogP contribution in [0.4, 0.5) is 0 Å². The molecule has 1 aromatic heterocycles. The van der Waals surface area contributed by atoms with Crippen molar-refractivity contribution in [1.29, 1.82) is 0 Å². The monoisotopic (exact) mass is 244 g/mol. The lowest BCUT2D eigenvalue weighted by molar-refractivity contribution is 0.0957. The molecule has 0 fully saturated rings. The molecule has 0 bridgehead atoms. The molecule has 0 spiro atoms. The van der Waals surface area contributed by atoms with Crippen LogP contribution in [-0.2, 0) is 5.75 Å². The molecule has 5 heteroatoms. The Kier molecular flexibility index (Phi) is 5.14. The van der Waals surface area contributed by atoms with Crippen molar-refractivity contribution in [2.75, 3.05) is 5.75 Å². The highest BCUT2D eigenvalue weighted by Gasteiger charge is 2.11. The summed E-state index contributed by atoms with van der Waals surface area (Å²) in [5.41, 5.74) is 3.25. The summed E-state index contributed by atoms with van der Waals surface area (Å²) in [4.78, 5) is 12.1. The maximum Gasteiger partial charge on any atom is 0.275 e. The van der Waals surface area contributed by atoms with Crippen molar-refractivity contribution >= 4 is 29.0 Å². The third-order valence-electron chi connectivity index (χ3n) is 1.79. The van der Waals surface area contributed by atoms with Gasteiger partial charge in [0.15, 0.2) is 0 Å². The Labute approximate surface area is 98.4 Å². The number of nitrogens with two attached hydrogens (primary N) is 1. The van der Waals surface area contributed by atoms with E-state index in [2.05, 4.69) is 19.3 Å². The molecular weight excluding hydrogens is 228 g/mol. The van der Waals surface area contributed by atoms with Gasteiger partial charge >= 0.3 is 0 Å². The first-order valence-electron chi connectivity index (χ1n) is 4.80. The number of carbonyl (C=O) groups is 1. The molecule has 1 amide bonds. The molecule has 0 saturated carbocycles. The minimum atomic E-state index is -0.190. The quantitative estimate of drug-likeness (QED) is 0.474. The highest BCUT2D eigenvalue weighted by atomic mass is 32.2. The van der Waals surface area contributed by atoms with Gasteiger partial charge in [-0.25, -0.2) is 5.84 Å². The van der Waals surface area contributed by atoms with E-state index < -0.39 is 0 Å². The lowest BCUT2D eigenvalue weighted by Crippen LogP contribution is -2.29. The second kappa shape index (κ2) is 6.15. The van der Waals surface area contributed by atoms with E-state index in [1.54, 1.807) is 0 Å². The van der Waals surface area contributed by atoms with E-state index in [0.717, 1.165) is 21.9 Å². The van der Waals surface area contributed by atoms with E-state index in [-0.39, 0.29) is 5.91 Å². The number of thiophene rings is 1. The zero-order valence-corrected chi connectivity index (χ0v) is 10.6. The van der Waals surface area contributed by atoms with Crippen LogP contribution in [0.15, 0.2) is 11.4 Å². The number of hydrogen-bond donors (Lipinski definition) is 2. The fraction of sp³-hybridized carbons (Fsp3) is 0.500. The Bertz CT molecular complexity index is 323. The maximum atomic E-state index is 11.4. The van der Waals surface area contributed by atoms with Crippen LogP contribution < -0.4 is 11.3 Å². The molecule has 15 heavy (non-hydrogen) atoms. The molecule has 0 aliphatic carbocycles. The second-order valence-corrected chi connectivity index (χ2v) is 5.60. The molecule has 0 unspecified atom stereocenters. The van der Waals surface area contributed by atoms with Crippen molar-refractivity contribution in [3.63, 3.8) is 0 Å². The summed E-state index contributed by atoms with van der Waals surface area (Å²) in [6.07, 6.45) is 0. The summed E-state index contributed by atoms with van der Waals surface area (Å²) in [6.45, 7) is 4.38. The van der Waals surface area contributed by atoms with Crippen molar-refractivity contribution in [3.05, 3.63) is 21.9 Å². The third-order valence-corrected chi connectivity index (χ3v) is 4.17. The zero-order valence-electron chi connectivity index (χ0n) is 8.95. The predicted molar refractivity (Wildman–Crippen MR) is 67.0 cm³/mol. The van der Waals surface area contributed by atoms with Crippen LogP contribution in [0.3, 0.4) is 0 Å². The number of carbonyl (C=O) groups excluding carboxylic acids is 1. The van der Waals surface area contributed by atoms with Gasteiger partial charge in [-0.1, -0.05) is 13.8 Å². The Morgan fingerprint density at radius 1 is 1.67 bits per heavy atom. The molecule has 0 aliphatic heterocycles. The van der Waals surface area contributed by atoms with Gasteiger partial charge in [-0.3, -0.25) is 10.2 Å². The first kappa shape index (κ1) is 12.5. The van der Waals surface area contributed by atoms with Gasteiger partial charge in [-0.15, -0.1) is 11.3 Å². The minimum absolute atomic E-state index is 0.190. The molecule has 3 N–H and O–H groups in total. The van der Waals surface area contributed by atoms with E-state index in [4.69, 9.17) is 5.84 Å². The van der Waals surface area contributed by atoms with Crippen LogP contribution >= 0.6 is 23.1 Å². The summed E-state index contributed by atoms with van der Waals surface area (Å²) in [5, 5.41) is 1.93. The number of amides is 1. The van der Waals surface area contributed by atoms with Crippen molar-refractivity contribution in [3.8, 4) is 0 Å². The van der Waals surface area contributed by atoms with Gasteiger partial charge in [0.1, 0.15) is 0 Å². The summed E-state index contributed by atoms with van der Waals surface area (Å²) in [6, 6.07) is 1.99. The third kappa shape index (κ3) is 3.85. The van der Waals surface area contributed by atoms with E-state index in [9.17, 15) is 4.79 Å². The number of hydrogen-bond acceptors (Lipinski definition) is 4. The Morgan fingerprint density at radius 2 is 2.40 bits per heavy atom. The van der Waals surface area contributed by atoms with E-state index in [1.165, 1.54) is 11.3 Å². The van der Waals surface area contributed by atoms with Crippen molar-refractivity contribution in [2.24, 2.45) is 11.8 Å². The number of nitrogens with one attached hydrogen (secondary N) is 1. The van der Waals surface area contributed by atoms with Crippen LogP contribution in [-0.4, -0.2) is 11.7 Å². The highest BCUT2D eigenvalue weighted by molar-refractivity contribution is 7.98. The number of thioether (sulfide) groups is 1. The zero-order chi connectivity index (χ0) is 11.3. The fourth-order valence-electron chi connectivity index (χ4n) is 1.12. The van der Waals surface area contributed by atoms with Gasteiger partial charge in [0.05, 0.1) is 4.88 Å². The molecular formula is C10H16N2OS2. The molecule has 0 radical (unpaired) electrons. The van der Waals surface area contributed by atoms with Gasteiger partial charge in [0.2, 0.25) is 0 Å². The Hall–Kier alpha value is -0.520. The fourth-order valence-corrected chi connectivity index (χ4v) is 3.09. The van der Waals surface area contributed by atoms with Crippen LogP contribution in [0.5, 0.6) is 0 Å². The minimum Gasteiger partial charge on any atom is -0.289 e. The van der Waals surface area contributed by atoms with Crippen molar-refractivity contribution < 1.29 is 4.79 Å². The van der Waals surface area contributed by atoms with Crippen molar-refractivity contribution in [2.45, 2.75) is 19.6 Å². The SMILES string of the molecule is CC(C)CSCc1ccsc1C(=O)NN. The molecule has 3 nitrogen and oxygen atoms in total. The summed E-state index contributed by atoms with van der Waals surface area (Å²) in [7, 11) is 0. The van der Waals surface area contributed by atoms with Crippen LogP contribution in [0.25, 0.3) is 0 Å². The number of hydrazine groups is 1.